The minimum absolute atomic E-state index is 0.126. The predicted molar refractivity (Wildman–Crippen MR) is 90.0 cm³/mol. The number of hydrogen-bond acceptors (Lipinski definition) is 6. The Morgan fingerprint density at radius 3 is 2.52 bits per heavy atom. The van der Waals surface area contributed by atoms with Gasteiger partial charge in [0.25, 0.3) is 0 Å². The molecule has 25 heavy (non-hydrogen) atoms. The van der Waals surface area contributed by atoms with Gasteiger partial charge in [-0.05, 0) is 36.8 Å². The Morgan fingerprint density at radius 1 is 1.16 bits per heavy atom. The Morgan fingerprint density at radius 2 is 1.84 bits per heavy atom. The molecular weight excluding hydrogens is 340 g/mol. The van der Waals surface area contributed by atoms with Crippen molar-refractivity contribution in [3.05, 3.63) is 53.6 Å². The van der Waals surface area contributed by atoms with Gasteiger partial charge in [-0.3, -0.25) is 0 Å². The van der Waals surface area contributed by atoms with Crippen LogP contribution in [0.3, 0.4) is 0 Å². The lowest BCUT2D eigenvalue weighted by Gasteiger charge is -2.05. The lowest BCUT2D eigenvalue weighted by molar-refractivity contribution is 0.174. The first-order valence-electron chi connectivity index (χ1n) is 7.78. The summed E-state index contributed by atoms with van der Waals surface area (Å²) in [5.74, 6) is 0.524. The predicted octanol–water partition coefficient (Wildman–Crippen LogP) is 1.88. The summed E-state index contributed by atoms with van der Waals surface area (Å²) in [6.45, 7) is 2.01. The summed E-state index contributed by atoms with van der Waals surface area (Å²) in [5.41, 5.74) is 6.31. The third-order valence-electron chi connectivity index (χ3n) is 4.81. The van der Waals surface area contributed by atoms with E-state index >= 15 is 0 Å². The van der Waals surface area contributed by atoms with Crippen LogP contribution in [-0.2, 0) is 9.84 Å². The Bertz CT molecular complexity index is 995. The highest BCUT2D eigenvalue weighted by atomic mass is 32.2. The number of nitrogens with two attached hydrogens (primary N) is 1. The van der Waals surface area contributed by atoms with Crippen molar-refractivity contribution in [3.63, 3.8) is 0 Å². The van der Waals surface area contributed by atoms with E-state index in [2.05, 4.69) is 0 Å². The van der Waals surface area contributed by atoms with Gasteiger partial charge in [0.05, 0.1) is 11.0 Å². The molecule has 0 amide bonds. The number of benzene rings is 2. The monoisotopic (exact) mass is 356 g/mol. The molecule has 2 aliphatic rings. The van der Waals surface area contributed by atoms with Crippen LogP contribution in [0.1, 0.15) is 17.0 Å². The van der Waals surface area contributed by atoms with Crippen LogP contribution in [0.5, 0.6) is 11.5 Å². The molecule has 0 unspecified atom stereocenters. The molecule has 0 aromatic heterocycles. The average molecular weight is 356 g/mol. The molecule has 0 radical (unpaired) electrons. The summed E-state index contributed by atoms with van der Waals surface area (Å²) in [6.07, 6.45) is 0. The number of ether oxygens (including phenoxy) is 2. The molecule has 6 nitrogen and oxygen atoms in total. The molecule has 7 heteroatoms. The zero-order chi connectivity index (χ0) is 17.8. The maximum Gasteiger partial charge on any atom is 0.231 e. The van der Waals surface area contributed by atoms with E-state index in [1.165, 1.54) is 0 Å². The van der Waals surface area contributed by atoms with Crippen LogP contribution < -0.4 is 15.2 Å². The van der Waals surface area contributed by atoms with E-state index in [4.69, 9.17) is 15.2 Å². The van der Waals surface area contributed by atoms with Gasteiger partial charge in [0, 0.05) is 5.92 Å². The highest BCUT2D eigenvalue weighted by Crippen LogP contribution is 2.56. The summed E-state index contributed by atoms with van der Waals surface area (Å²) in [7, 11) is -3.73. The van der Waals surface area contributed by atoms with Crippen LogP contribution in [0, 0.1) is 18.3 Å². The normalized spacial score (nSPS) is 26.9. The molecule has 4 rings (SSSR count). The highest BCUT2D eigenvalue weighted by molar-refractivity contribution is 7.92. The van der Waals surface area contributed by atoms with E-state index in [1.807, 2.05) is 13.0 Å². The van der Waals surface area contributed by atoms with Gasteiger partial charge in [-0.1, -0.05) is 23.8 Å². The molecule has 1 saturated carbocycles. The quantitative estimate of drug-likeness (QED) is 0.901. The minimum atomic E-state index is -3.73. The van der Waals surface area contributed by atoms with Crippen molar-refractivity contribution in [2.45, 2.75) is 28.5 Å². The second kappa shape index (κ2) is 5.22. The fourth-order valence-corrected chi connectivity index (χ4v) is 5.56. The number of nitrogens with zero attached hydrogens (tertiary/aromatic N) is 1. The highest BCUT2D eigenvalue weighted by Gasteiger charge is 2.70. The second-order valence-electron chi connectivity index (χ2n) is 6.41. The Kier molecular flexibility index (Phi) is 3.33. The fourth-order valence-electron chi connectivity index (χ4n) is 3.38. The third kappa shape index (κ3) is 2.29. The molecule has 1 aliphatic heterocycles. The molecule has 1 aliphatic carbocycles. The van der Waals surface area contributed by atoms with E-state index in [-0.39, 0.29) is 11.7 Å². The molecule has 2 N–H and O–H groups in total. The van der Waals surface area contributed by atoms with Gasteiger partial charge in [-0.15, -0.1) is 0 Å². The molecule has 3 atom stereocenters. The van der Waals surface area contributed by atoms with E-state index < -0.39 is 26.5 Å². The summed E-state index contributed by atoms with van der Waals surface area (Å²) >= 11 is 0. The summed E-state index contributed by atoms with van der Waals surface area (Å²) in [4.78, 5) is 0.177. The van der Waals surface area contributed by atoms with Crippen molar-refractivity contribution in [2.24, 2.45) is 5.73 Å². The van der Waals surface area contributed by atoms with Crippen LogP contribution in [0.4, 0.5) is 0 Å². The van der Waals surface area contributed by atoms with Gasteiger partial charge in [0.2, 0.25) is 6.79 Å². The van der Waals surface area contributed by atoms with Crippen molar-refractivity contribution in [1.29, 1.82) is 5.26 Å². The van der Waals surface area contributed by atoms with Crippen LogP contribution in [-0.4, -0.2) is 26.0 Å². The SMILES string of the molecule is Cc1ccc(S(=O)(=O)[C@@H]2[C@H](c3ccc4c(c3)OCO4)[C@@]2(N)C#N)cc1. The van der Waals surface area contributed by atoms with Crippen molar-refractivity contribution in [3.8, 4) is 17.6 Å². The topological polar surface area (TPSA) is 102 Å². The summed E-state index contributed by atoms with van der Waals surface area (Å²) in [6, 6.07) is 13.7. The second-order valence-corrected chi connectivity index (χ2v) is 8.48. The minimum Gasteiger partial charge on any atom is -0.454 e. The molecule has 128 valence electrons. The maximum atomic E-state index is 13.0. The zero-order valence-electron chi connectivity index (χ0n) is 13.5. The first-order valence-corrected chi connectivity index (χ1v) is 9.33. The standard InChI is InChI=1S/C18H16N2O4S/c1-11-2-5-13(6-3-11)25(21,22)17-16(18(17,20)9-19)12-4-7-14-15(8-12)24-10-23-14/h2-8,16-17H,10,20H2,1H3/t16-,17+,18-/m0/s1. The van der Waals surface area contributed by atoms with Crippen molar-refractivity contribution in [2.75, 3.05) is 6.79 Å². The maximum absolute atomic E-state index is 13.0. The van der Waals surface area contributed by atoms with Gasteiger partial charge in [0.15, 0.2) is 21.3 Å². The van der Waals surface area contributed by atoms with E-state index in [9.17, 15) is 13.7 Å². The van der Waals surface area contributed by atoms with Crippen molar-refractivity contribution >= 4 is 9.84 Å². The first-order chi connectivity index (χ1) is 11.9. The lowest BCUT2D eigenvalue weighted by atomic mass is 10.1. The number of aryl methyl sites for hydroxylation is 1. The van der Waals surface area contributed by atoms with Crippen LogP contribution in [0.2, 0.25) is 0 Å². The zero-order valence-corrected chi connectivity index (χ0v) is 14.3. The molecule has 2 aromatic carbocycles. The van der Waals surface area contributed by atoms with Crippen molar-refractivity contribution < 1.29 is 17.9 Å². The Balaban J connectivity index is 1.75. The molecule has 2 aromatic rings. The Labute approximate surface area is 145 Å². The summed E-state index contributed by atoms with van der Waals surface area (Å²) < 4.78 is 36.6. The molecule has 1 heterocycles. The first kappa shape index (κ1) is 15.9. The Hall–Kier alpha value is -2.56. The van der Waals surface area contributed by atoms with Gasteiger partial charge >= 0.3 is 0 Å². The van der Waals surface area contributed by atoms with Gasteiger partial charge in [-0.2, -0.15) is 5.26 Å². The number of rotatable bonds is 3. The third-order valence-corrected chi connectivity index (χ3v) is 7.07. The number of nitriles is 1. The van der Waals surface area contributed by atoms with E-state index in [0.717, 1.165) is 5.56 Å². The lowest BCUT2D eigenvalue weighted by Crippen LogP contribution is -2.29. The smallest absolute Gasteiger partial charge is 0.231 e. The largest absolute Gasteiger partial charge is 0.454 e. The molecular formula is C18H16N2O4S. The molecule has 0 bridgehead atoms. The van der Waals surface area contributed by atoms with Crippen molar-refractivity contribution in [1.82, 2.24) is 0 Å². The van der Waals surface area contributed by atoms with Crippen LogP contribution in [0.15, 0.2) is 47.4 Å². The average Bonchev–Trinajstić information content (AvgIpc) is 2.99. The van der Waals surface area contributed by atoms with E-state index in [0.29, 0.717) is 17.1 Å². The fraction of sp³-hybridized carbons (Fsp3) is 0.278. The number of sulfone groups is 1. The van der Waals surface area contributed by atoms with Crippen LogP contribution >= 0.6 is 0 Å². The van der Waals surface area contributed by atoms with Crippen LogP contribution in [0.25, 0.3) is 0 Å². The number of fused-ring (bicyclic) bond motifs is 1. The van der Waals surface area contributed by atoms with Gasteiger partial charge in [-0.25, -0.2) is 8.42 Å². The van der Waals surface area contributed by atoms with E-state index in [1.54, 1.807) is 42.5 Å². The summed E-state index contributed by atoms with van der Waals surface area (Å²) in [5, 5.41) is 8.53. The van der Waals surface area contributed by atoms with Gasteiger partial charge in [0.1, 0.15) is 10.8 Å². The number of hydrogen-bond donors (Lipinski definition) is 1. The molecule has 0 spiro atoms. The molecule has 1 fully saturated rings. The van der Waals surface area contributed by atoms with Gasteiger partial charge < -0.3 is 15.2 Å². The molecule has 0 saturated heterocycles.